The summed E-state index contributed by atoms with van der Waals surface area (Å²) in [5, 5.41) is 2.93. The fourth-order valence-electron chi connectivity index (χ4n) is 2.69. The molecule has 1 aliphatic rings. The van der Waals surface area contributed by atoms with Gasteiger partial charge in [0.15, 0.2) is 0 Å². The molecule has 5 nitrogen and oxygen atoms in total. The molecule has 25 heavy (non-hydrogen) atoms. The number of thioether (sulfide) groups is 1. The van der Waals surface area contributed by atoms with Gasteiger partial charge >= 0.3 is 6.03 Å². The summed E-state index contributed by atoms with van der Waals surface area (Å²) in [7, 11) is 3.24. The largest absolute Gasteiger partial charge is 0.497 e. The number of carbonyl (C=O) groups excluding carboxylic acids is 1. The van der Waals surface area contributed by atoms with Crippen molar-refractivity contribution in [3.63, 3.8) is 0 Å². The van der Waals surface area contributed by atoms with Gasteiger partial charge in [-0.15, -0.1) is 11.8 Å². The van der Waals surface area contributed by atoms with Crippen molar-refractivity contribution in [2.45, 2.75) is 5.37 Å². The SMILES string of the molecule is COc1cccc(NC(=O)N2CCSC2c2ccc(OC)c(Br)c2)c1. The molecule has 1 atom stereocenters. The average Bonchev–Trinajstić information content (AvgIpc) is 3.11. The van der Waals surface area contributed by atoms with Gasteiger partial charge in [0.05, 0.1) is 18.7 Å². The highest BCUT2D eigenvalue weighted by Gasteiger charge is 2.31. The number of nitrogens with one attached hydrogen (secondary N) is 1. The lowest BCUT2D eigenvalue weighted by Crippen LogP contribution is -2.34. The molecule has 2 aromatic carbocycles. The maximum Gasteiger partial charge on any atom is 0.323 e. The average molecular weight is 423 g/mol. The van der Waals surface area contributed by atoms with Gasteiger partial charge in [0.2, 0.25) is 0 Å². The lowest BCUT2D eigenvalue weighted by atomic mass is 10.2. The molecular formula is C18H19BrN2O3S. The number of benzene rings is 2. The first-order valence-electron chi connectivity index (χ1n) is 7.79. The smallest absolute Gasteiger partial charge is 0.323 e. The fourth-order valence-corrected chi connectivity index (χ4v) is 4.49. The molecule has 3 rings (SSSR count). The molecule has 1 fully saturated rings. The molecule has 0 spiro atoms. The lowest BCUT2D eigenvalue weighted by molar-refractivity contribution is 0.214. The van der Waals surface area contributed by atoms with E-state index in [9.17, 15) is 4.79 Å². The first-order valence-corrected chi connectivity index (χ1v) is 9.63. The number of rotatable bonds is 4. The van der Waals surface area contributed by atoms with Crippen LogP contribution in [0.3, 0.4) is 0 Å². The Kier molecular flexibility index (Phi) is 5.75. The Hall–Kier alpha value is -1.86. The zero-order valence-corrected chi connectivity index (χ0v) is 16.4. The number of nitrogens with zero attached hydrogens (tertiary/aromatic N) is 1. The van der Waals surface area contributed by atoms with E-state index in [4.69, 9.17) is 9.47 Å². The van der Waals surface area contributed by atoms with Crippen LogP contribution in [-0.4, -0.2) is 37.4 Å². The van der Waals surface area contributed by atoms with Gasteiger partial charge in [-0.3, -0.25) is 0 Å². The van der Waals surface area contributed by atoms with Crippen molar-refractivity contribution in [3.8, 4) is 11.5 Å². The molecule has 0 bridgehead atoms. The van der Waals surface area contributed by atoms with Gasteiger partial charge < -0.3 is 19.7 Å². The number of hydrogen-bond donors (Lipinski definition) is 1. The predicted molar refractivity (Wildman–Crippen MR) is 105 cm³/mol. The Morgan fingerprint density at radius 3 is 2.80 bits per heavy atom. The third-order valence-corrected chi connectivity index (χ3v) is 5.81. The van der Waals surface area contributed by atoms with Crippen molar-refractivity contribution < 1.29 is 14.3 Å². The van der Waals surface area contributed by atoms with E-state index in [2.05, 4.69) is 21.2 Å². The number of urea groups is 1. The summed E-state index contributed by atoms with van der Waals surface area (Å²) in [6, 6.07) is 13.2. The Morgan fingerprint density at radius 2 is 2.08 bits per heavy atom. The second-order valence-electron chi connectivity index (χ2n) is 5.47. The summed E-state index contributed by atoms with van der Waals surface area (Å²) in [4.78, 5) is 14.6. The van der Waals surface area contributed by atoms with Gasteiger partial charge in [0, 0.05) is 24.1 Å². The van der Waals surface area contributed by atoms with E-state index in [1.807, 2.05) is 41.3 Å². The summed E-state index contributed by atoms with van der Waals surface area (Å²) in [5.74, 6) is 2.39. The van der Waals surface area contributed by atoms with Crippen molar-refractivity contribution in [1.29, 1.82) is 0 Å². The molecule has 2 aromatic rings. The normalized spacial score (nSPS) is 16.6. The van der Waals surface area contributed by atoms with Crippen molar-refractivity contribution in [3.05, 3.63) is 52.5 Å². The summed E-state index contributed by atoms with van der Waals surface area (Å²) in [6.45, 7) is 0.703. The van der Waals surface area contributed by atoms with Crippen LogP contribution in [-0.2, 0) is 0 Å². The monoisotopic (exact) mass is 422 g/mol. The molecule has 1 aliphatic heterocycles. The summed E-state index contributed by atoms with van der Waals surface area (Å²) < 4.78 is 11.4. The molecule has 132 valence electrons. The Morgan fingerprint density at radius 1 is 1.24 bits per heavy atom. The minimum atomic E-state index is -0.116. The molecule has 1 N–H and O–H groups in total. The zero-order chi connectivity index (χ0) is 17.8. The first-order chi connectivity index (χ1) is 12.1. The molecule has 0 aromatic heterocycles. The van der Waals surface area contributed by atoms with Gasteiger partial charge in [0.25, 0.3) is 0 Å². The highest BCUT2D eigenvalue weighted by atomic mass is 79.9. The molecule has 1 saturated heterocycles. The number of carbonyl (C=O) groups is 1. The highest BCUT2D eigenvalue weighted by molar-refractivity contribution is 9.10. The molecule has 7 heteroatoms. The van der Waals surface area contributed by atoms with E-state index in [-0.39, 0.29) is 11.4 Å². The van der Waals surface area contributed by atoms with E-state index >= 15 is 0 Å². The topological polar surface area (TPSA) is 50.8 Å². The van der Waals surface area contributed by atoms with Gasteiger partial charge in [-0.05, 0) is 45.8 Å². The number of hydrogen-bond acceptors (Lipinski definition) is 4. The summed E-state index contributed by atoms with van der Waals surface area (Å²) in [5.41, 5.74) is 1.78. The van der Waals surface area contributed by atoms with E-state index < -0.39 is 0 Å². The zero-order valence-electron chi connectivity index (χ0n) is 14.0. The van der Waals surface area contributed by atoms with Crippen LogP contribution in [0.15, 0.2) is 46.9 Å². The third kappa shape index (κ3) is 4.04. The van der Waals surface area contributed by atoms with Crippen LogP contribution in [0.1, 0.15) is 10.9 Å². The maximum absolute atomic E-state index is 12.7. The standard InChI is InChI=1S/C18H19BrN2O3S/c1-23-14-5-3-4-13(11-14)20-18(22)21-8-9-25-17(21)12-6-7-16(24-2)15(19)10-12/h3-7,10-11,17H,8-9H2,1-2H3,(H,20,22). The highest BCUT2D eigenvalue weighted by Crippen LogP contribution is 2.40. The van der Waals surface area contributed by atoms with Crippen LogP contribution in [0.2, 0.25) is 0 Å². The second kappa shape index (κ2) is 8.01. The Bertz CT molecular complexity index is 772. The fraction of sp³-hybridized carbons (Fsp3) is 0.278. The minimum absolute atomic E-state index is 0.0205. The van der Waals surface area contributed by atoms with Crippen molar-refractivity contribution in [2.75, 3.05) is 31.8 Å². The number of amides is 2. The molecule has 0 radical (unpaired) electrons. The number of halogens is 1. The van der Waals surface area contributed by atoms with Crippen LogP contribution < -0.4 is 14.8 Å². The van der Waals surface area contributed by atoms with Crippen molar-refractivity contribution >= 4 is 39.4 Å². The predicted octanol–water partition coefficient (Wildman–Crippen LogP) is 4.75. The van der Waals surface area contributed by atoms with Crippen molar-refractivity contribution in [2.24, 2.45) is 0 Å². The second-order valence-corrected chi connectivity index (χ2v) is 7.52. The van der Waals surface area contributed by atoms with E-state index in [1.54, 1.807) is 32.0 Å². The lowest BCUT2D eigenvalue weighted by Gasteiger charge is -2.25. The van der Waals surface area contributed by atoms with Gasteiger partial charge in [0.1, 0.15) is 16.9 Å². The van der Waals surface area contributed by atoms with Crippen LogP contribution in [0.25, 0.3) is 0 Å². The molecule has 2 amide bonds. The molecule has 1 heterocycles. The van der Waals surface area contributed by atoms with Gasteiger partial charge in [-0.2, -0.15) is 0 Å². The summed E-state index contributed by atoms with van der Waals surface area (Å²) in [6.07, 6.45) is 0. The Labute approximate surface area is 159 Å². The van der Waals surface area contributed by atoms with Gasteiger partial charge in [-0.25, -0.2) is 4.79 Å². The molecule has 1 unspecified atom stereocenters. The molecule has 0 aliphatic carbocycles. The first kappa shape index (κ1) is 17.9. The Balaban J connectivity index is 1.76. The van der Waals surface area contributed by atoms with Crippen LogP contribution in [0.5, 0.6) is 11.5 Å². The van der Waals surface area contributed by atoms with Crippen LogP contribution in [0, 0.1) is 0 Å². The molecule has 0 saturated carbocycles. The number of anilines is 1. The van der Waals surface area contributed by atoms with Crippen molar-refractivity contribution in [1.82, 2.24) is 4.90 Å². The summed E-state index contributed by atoms with van der Waals surface area (Å²) >= 11 is 5.26. The number of methoxy groups -OCH3 is 2. The molecular weight excluding hydrogens is 404 g/mol. The van der Waals surface area contributed by atoms with Crippen LogP contribution in [0.4, 0.5) is 10.5 Å². The van der Waals surface area contributed by atoms with E-state index in [0.717, 1.165) is 27.2 Å². The van der Waals surface area contributed by atoms with Gasteiger partial charge in [-0.1, -0.05) is 12.1 Å². The van der Waals surface area contributed by atoms with E-state index in [0.29, 0.717) is 12.3 Å². The maximum atomic E-state index is 12.7. The third-order valence-electron chi connectivity index (χ3n) is 3.93. The van der Waals surface area contributed by atoms with Crippen LogP contribution >= 0.6 is 27.7 Å². The number of ether oxygens (including phenoxy) is 2. The quantitative estimate of drug-likeness (QED) is 0.772. The minimum Gasteiger partial charge on any atom is -0.497 e. The van der Waals surface area contributed by atoms with E-state index in [1.165, 1.54) is 0 Å².